The number of aromatic nitrogens is 5. The van der Waals surface area contributed by atoms with E-state index in [2.05, 4.69) is 26.8 Å². The zero-order valence-electron chi connectivity index (χ0n) is 18.5. The molecule has 33 heavy (non-hydrogen) atoms. The molecule has 2 aromatic carbocycles. The molecule has 0 aliphatic heterocycles. The third kappa shape index (κ3) is 4.50. The van der Waals surface area contributed by atoms with E-state index in [0.717, 1.165) is 16.8 Å². The van der Waals surface area contributed by atoms with E-state index in [1.807, 2.05) is 48.7 Å². The quantitative estimate of drug-likeness (QED) is 0.489. The van der Waals surface area contributed by atoms with E-state index in [9.17, 15) is 14.4 Å². The molecule has 0 aliphatic carbocycles. The second kappa shape index (κ2) is 9.04. The number of benzene rings is 2. The molecular formula is C24H22FN7O. The number of carbonyl (C=O) groups is 1. The summed E-state index contributed by atoms with van der Waals surface area (Å²) < 4.78 is 15.4. The predicted molar refractivity (Wildman–Crippen MR) is 121 cm³/mol. The summed E-state index contributed by atoms with van der Waals surface area (Å²) in [5, 5.41) is 24.7. The molecule has 4 rings (SSSR count). The van der Waals surface area contributed by atoms with E-state index < -0.39 is 5.91 Å². The van der Waals surface area contributed by atoms with Crippen molar-refractivity contribution in [2.24, 2.45) is 0 Å². The monoisotopic (exact) mass is 443 g/mol. The number of nitrogens with one attached hydrogen (secondary N) is 1. The molecule has 2 heterocycles. The maximum absolute atomic E-state index is 13.5. The highest BCUT2D eigenvalue weighted by molar-refractivity contribution is 5.91. The summed E-state index contributed by atoms with van der Waals surface area (Å²) >= 11 is 0. The van der Waals surface area contributed by atoms with Crippen LogP contribution < -0.4 is 5.32 Å². The molecule has 1 amide bonds. The first-order chi connectivity index (χ1) is 15.9. The summed E-state index contributed by atoms with van der Waals surface area (Å²) in [6.45, 7) is 5.76. The van der Waals surface area contributed by atoms with Crippen LogP contribution in [-0.2, 0) is 17.9 Å². The molecule has 4 aromatic rings. The Morgan fingerprint density at radius 2 is 1.91 bits per heavy atom. The van der Waals surface area contributed by atoms with Gasteiger partial charge in [-0.05, 0) is 60.9 Å². The van der Waals surface area contributed by atoms with Crippen LogP contribution in [0.4, 0.5) is 10.2 Å². The van der Waals surface area contributed by atoms with Gasteiger partial charge in [-0.15, -0.1) is 10.2 Å². The van der Waals surface area contributed by atoms with Gasteiger partial charge in [0.2, 0.25) is 11.7 Å². The standard InChI is InChI=1S/C24H22FN7O/c1-15-11-19(9-10-21(15)25)23-28-30-32(29-23)14-22(33)27-24-20(12-26)16(2)17(3)31(24)13-18-7-5-4-6-8-18/h4-11H,13-14H2,1-3H3,(H,27,33). The van der Waals surface area contributed by atoms with Gasteiger partial charge in [-0.25, -0.2) is 4.39 Å². The average molecular weight is 443 g/mol. The smallest absolute Gasteiger partial charge is 0.249 e. The molecular weight excluding hydrogens is 421 g/mol. The normalized spacial score (nSPS) is 10.8. The molecule has 0 saturated heterocycles. The van der Waals surface area contributed by atoms with Crippen LogP contribution >= 0.6 is 0 Å². The first-order valence-electron chi connectivity index (χ1n) is 10.3. The molecule has 0 radical (unpaired) electrons. The molecule has 0 spiro atoms. The largest absolute Gasteiger partial charge is 0.326 e. The Bertz CT molecular complexity index is 1370. The zero-order valence-corrected chi connectivity index (χ0v) is 18.5. The van der Waals surface area contributed by atoms with E-state index in [4.69, 9.17) is 0 Å². The Labute approximate surface area is 190 Å². The molecule has 2 aromatic heterocycles. The number of hydrogen-bond donors (Lipinski definition) is 1. The number of anilines is 1. The number of tetrazole rings is 1. The molecule has 0 unspecified atom stereocenters. The van der Waals surface area contributed by atoms with E-state index in [1.165, 1.54) is 10.9 Å². The molecule has 0 bridgehead atoms. The molecule has 9 heteroatoms. The predicted octanol–water partition coefficient (Wildman–Crippen LogP) is 3.76. The maximum Gasteiger partial charge on any atom is 0.249 e. The van der Waals surface area contributed by atoms with E-state index in [1.54, 1.807) is 19.1 Å². The summed E-state index contributed by atoms with van der Waals surface area (Å²) in [5.41, 5.74) is 4.26. The van der Waals surface area contributed by atoms with Crippen molar-refractivity contribution in [1.82, 2.24) is 24.8 Å². The van der Waals surface area contributed by atoms with Crippen LogP contribution in [0.3, 0.4) is 0 Å². The number of hydrogen-bond acceptors (Lipinski definition) is 5. The fourth-order valence-corrected chi connectivity index (χ4v) is 3.60. The Morgan fingerprint density at radius 3 is 2.61 bits per heavy atom. The van der Waals surface area contributed by atoms with Gasteiger partial charge >= 0.3 is 0 Å². The average Bonchev–Trinajstić information content (AvgIpc) is 3.35. The molecule has 0 saturated carbocycles. The van der Waals surface area contributed by atoms with Crippen molar-refractivity contribution >= 4 is 11.7 Å². The molecule has 166 valence electrons. The van der Waals surface area contributed by atoms with Crippen LogP contribution in [0.25, 0.3) is 11.4 Å². The van der Waals surface area contributed by atoms with Gasteiger partial charge in [-0.3, -0.25) is 4.79 Å². The summed E-state index contributed by atoms with van der Waals surface area (Å²) in [6.07, 6.45) is 0. The molecule has 0 atom stereocenters. The van der Waals surface area contributed by atoms with Gasteiger partial charge in [0.1, 0.15) is 24.2 Å². The van der Waals surface area contributed by atoms with Crippen molar-refractivity contribution in [2.45, 2.75) is 33.9 Å². The van der Waals surface area contributed by atoms with Gasteiger partial charge in [0.25, 0.3) is 0 Å². The van der Waals surface area contributed by atoms with Gasteiger partial charge in [-0.1, -0.05) is 30.3 Å². The number of amides is 1. The van der Waals surface area contributed by atoms with Gasteiger partial charge in [-0.2, -0.15) is 10.1 Å². The summed E-state index contributed by atoms with van der Waals surface area (Å²) in [4.78, 5) is 14.0. The fourth-order valence-electron chi connectivity index (χ4n) is 3.60. The summed E-state index contributed by atoms with van der Waals surface area (Å²) in [6, 6.07) is 16.5. The van der Waals surface area contributed by atoms with Crippen LogP contribution in [0, 0.1) is 37.9 Å². The Balaban J connectivity index is 1.55. The second-order valence-corrected chi connectivity index (χ2v) is 7.77. The summed E-state index contributed by atoms with van der Waals surface area (Å²) in [5.74, 6) is 0.0269. The van der Waals surface area contributed by atoms with Crippen LogP contribution in [0.1, 0.15) is 27.9 Å². The second-order valence-electron chi connectivity index (χ2n) is 7.77. The lowest BCUT2D eigenvalue weighted by atomic mass is 10.1. The number of carbonyl (C=O) groups excluding carboxylic acids is 1. The van der Waals surface area contributed by atoms with Crippen LogP contribution in [0.2, 0.25) is 0 Å². The van der Waals surface area contributed by atoms with Crippen molar-refractivity contribution < 1.29 is 9.18 Å². The first kappa shape index (κ1) is 21.9. The third-order valence-corrected chi connectivity index (χ3v) is 5.54. The van der Waals surface area contributed by atoms with Crippen molar-refractivity contribution in [1.29, 1.82) is 5.26 Å². The van der Waals surface area contributed by atoms with E-state index >= 15 is 0 Å². The Kier molecular flexibility index (Phi) is 6.00. The highest BCUT2D eigenvalue weighted by Crippen LogP contribution is 2.27. The van der Waals surface area contributed by atoms with Crippen LogP contribution in [0.15, 0.2) is 48.5 Å². The van der Waals surface area contributed by atoms with Crippen molar-refractivity contribution in [3.63, 3.8) is 0 Å². The molecule has 8 nitrogen and oxygen atoms in total. The lowest BCUT2D eigenvalue weighted by Crippen LogP contribution is -2.23. The highest BCUT2D eigenvalue weighted by Gasteiger charge is 2.20. The van der Waals surface area contributed by atoms with Gasteiger partial charge in [0, 0.05) is 17.8 Å². The van der Waals surface area contributed by atoms with Crippen LogP contribution in [0.5, 0.6) is 0 Å². The first-order valence-corrected chi connectivity index (χ1v) is 10.3. The lowest BCUT2D eigenvalue weighted by Gasteiger charge is -2.13. The van der Waals surface area contributed by atoms with Gasteiger partial charge in [0.05, 0.1) is 5.56 Å². The molecule has 0 fully saturated rings. The third-order valence-electron chi connectivity index (χ3n) is 5.54. The minimum absolute atomic E-state index is 0.188. The molecule has 1 N–H and O–H groups in total. The van der Waals surface area contributed by atoms with Gasteiger partial charge in [0.15, 0.2) is 0 Å². The minimum Gasteiger partial charge on any atom is -0.326 e. The Hall–Kier alpha value is -4.32. The SMILES string of the molecule is Cc1cc(-c2nnn(CC(=O)Nc3c(C#N)c(C)c(C)n3Cc3ccccc3)n2)ccc1F. The molecule has 0 aliphatic rings. The number of halogens is 1. The van der Waals surface area contributed by atoms with Gasteiger partial charge < -0.3 is 9.88 Å². The number of aryl methyl sites for hydroxylation is 1. The van der Waals surface area contributed by atoms with E-state index in [0.29, 0.717) is 34.9 Å². The van der Waals surface area contributed by atoms with Crippen LogP contribution in [-0.4, -0.2) is 30.7 Å². The van der Waals surface area contributed by atoms with Crippen molar-refractivity contribution in [3.8, 4) is 17.5 Å². The lowest BCUT2D eigenvalue weighted by molar-refractivity contribution is -0.117. The fraction of sp³-hybridized carbons (Fsp3) is 0.208. The van der Waals surface area contributed by atoms with Crippen molar-refractivity contribution in [2.75, 3.05) is 5.32 Å². The number of nitrogens with zero attached hydrogens (tertiary/aromatic N) is 6. The summed E-state index contributed by atoms with van der Waals surface area (Å²) in [7, 11) is 0. The number of rotatable bonds is 6. The maximum atomic E-state index is 13.5. The highest BCUT2D eigenvalue weighted by atomic mass is 19.1. The van der Waals surface area contributed by atoms with Crippen molar-refractivity contribution in [3.05, 3.63) is 82.3 Å². The van der Waals surface area contributed by atoms with E-state index in [-0.39, 0.29) is 12.4 Å². The Morgan fingerprint density at radius 1 is 1.15 bits per heavy atom. The number of nitriles is 1. The topological polar surface area (TPSA) is 101 Å². The zero-order chi connectivity index (χ0) is 23.5. The minimum atomic E-state index is -0.391.